The Morgan fingerprint density at radius 2 is 1.95 bits per heavy atom. The van der Waals surface area contributed by atoms with Crippen LogP contribution in [0.3, 0.4) is 0 Å². The van der Waals surface area contributed by atoms with E-state index in [1.165, 1.54) is 0 Å². The molecule has 1 aliphatic rings. The molecule has 0 bridgehead atoms. The van der Waals surface area contributed by atoms with Gasteiger partial charge in [-0.25, -0.2) is 4.79 Å². The van der Waals surface area contributed by atoms with Crippen LogP contribution in [0.15, 0.2) is 0 Å². The van der Waals surface area contributed by atoms with Crippen LogP contribution in [0.2, 0.25) is 0 Å². The maximum atomic E-state index is 11.6. The van der Waals surface area contributed by atoms with Crippen LogP contribution < -0.4 is 10.6 Å². The number of amides is 2. The molecule has 1 fully saturated rings. The Morgan fingerprint density at radius 1 is 1.20 bits per heavy atom. The van der Waals surface area contributed by atoms with E-state index in [2.05, 4.69) is 10.6 Å². The van der Waals surface area contributed by atoms with Gasteiger partial charge in [0.25, 0.3) is 0 Å². The number of rotatable bonds is 9. The number of hydrogen-bond donors (Lipinski definition) is 3. The SMILES string of the molecule is COC1CCC(NC(=O)NCCCCCCC(=O)O)C1. The van der Waals surface area contributed by atoms with E-state index in [9.17, 15) is 9.59 Å². The number of carboxylic acid groups (broad SMARTS) is 1. The average Bonchev–Trinajstić information content (AvgIpc) is 2.85. The topological polar surface area (TPSA) is 87.7 Å². The van der Waals surface area contributed by atoms with Gasteiger partial charge in [0.15, 0.2) is 0 Å². The normalized spacial score (nSPS) is 21.6. The number of carboxylic acids is 1. The molecule has 1 aliphatic carbocycles. The van der Waals surface area contributed by atoms with Crippen LogP contribution in [-0.2, 0) is 9.53 Å². The lowest BCUT2D eigenvalue weighted by Crippen LogP contribution is -2.41. The maximum absolute atomic E-state index is 11.6. The summed E-state index contributed by atoms with van der Waals surface area (Å²) in [6.45, 7) is 0.638. The highest BCUT2D eigenvalue weighted by Crippen LogP contribution is 2.21. The van der Waals surface area contributed by atoms with E-state index in [0.717, 1.165) is 38.5 Å². The molecular formula is C14H26N2O4. The number of hydrogen-bond acceptors (Lipinski definition) is 3. The Hall–Kier alpha value is -1.30. The van der Waals surface area contributed by atoms with E-state index in [1.807, 2.05) is 0 Å². The molecule has 0 aromatic carbocycles. The van der Waals surface area contributed by atoms with Crippen LogP contribution >= 0.6 is 0 Å². The van der Waals surface area contributed by atoms with Crippen molar-refractivity contribution >= 4 is 12.0 Å². The maximum Gasteiger partial charge on any atom is 0.315 e. The molecule has 0 radical (unpaired) electrons. The summed E-state index contributed by atoms with van der Waals surface area (Å²) in [6.07, 6.45) is 6.81. The summed E-state index contributed by atoms with van der Waals surface area (Å²) in [4.78, 5) is 21.9. The Bertz CT molecular complexity index is 310. The summed E-state index contributed by atoms with van der Waals surface area (Å²) in [6, 6.07) is 0.104. The van der Waals surface area contributed by atoms with E-state index in [0.29, 0.717) is 13.0 Å². The fourth-order valence-corrected chi connectivity index (χ4v) is 2.48. The second kappa shape index (κ2) is 9.58. The van der Waals surface area contributed by atoms with Crippen LogP contribution in [0.1, 0.15) is 51.4 Å². The second-order valence-corrected chi connectivity index (χ2v) is 5.33. The van der Waals surface area contributed by atoms with E-state index >= 15 is 0 Å². The lowest BCUT2D eigenvalue weighted by atomic mass is 10.1. The lowest BCUT2D eigenvalue weighted by Gasteiger charge is -2.13. The molecule has 0 aromatic heterocycles. The molecule has 2 amide bonds. The van der Waals surface area contributed by atoms with Gasteiger partial charge in [0.05, 0.1) is 6.10 Å². The van der Waals surface area contributed by atoms with Gasteiger partial charge in [-0.15, -0.1) is 0 Å². The second-order valence-electron chi connectivity index (χ2n) is 5.33. The fraction of sp³-hybridized carbons (Fsp3) is 0.857. The molecule has 0 heterocycles. The van der Waals surface area contributed by atoms with Crippen LogP contribution in [0.25, 0.3) is 0 Å². The largest absolute Gasteiger partial charge is 0.481 e. The zero-order chi connectivity index (χ0) is 14.8. The van der Waals surface area contributed by atoms with Gasteiger partial charge in [0, 0.05) is 26.1 Å². The van der Waals surface area contributed by atoms with Gasteiger partial charge in [-0.1, -0.05) is 12.8 Å². The quantitative estimate of drug-likeness (QED) is 0.565. The number of nitrogens with one attached hydrogen (secondary N) is 2. The highest BCUT2D eigenvalue weighted by molar-refractivity contribution is 5.74. The first-order valence-corrected chi connectivity index (χ1v) is 7.40. The molecule has 2 unspecified atom stereocenters. The molecule has 6 nitrogen and oxygen atoms in total. The smallest absolute Gasteiger partial charge is 0.315 e. The Labute approximate surface area is 120 Å². The first-order chi connectivity index (χ1) is 9.61. The molecule has 0 spiro atoms. The molecule has 0 saturated heterocycles. The summed E-state index contributed by atoms with van der Waals surface area (Å²) in [7, 11) is 1.71. The van der Waals surface area contributed by atoms with E-state index in [4.69, 9.17) is 9.84 Å². The van der Waals surface area contributed by atoms with Crippen molar-refractivity contribution in [1.82, 2.24) is 10.6 Å². The summed E-state index contributed by atoms with van der Waals surface area (Å²) in [5, 5.41) is 14.3. The van der Waals surface area contributed by atoms with Crippen molar-refractivity contribution < 1.29 is 19.4 Å². The standard InChI is InChI=1S/C14H26N2O4/c1-20-12-8-7-11(10-12)16-14(19)15-9-5-3-2-4-6-13(17)18/h11-12H,2-10H2,1H3,(H,17,18)(H2,15,16,19). The number of ether oxygens (including phenoxy) is 1. The molecule has 6 heteroatoms. The number of unbranched alkanes of at least 4 members (excludes halogenated alkanes) is 3. The van der Waals surface area contributed by atoms with Gasteiger partial charge >= 0.3 is 12.0 Å². The highest BCUT2D eigenvalue weighted by Gasteiger charge is 2.25. The van der Waals surface area contributed by atoms with Crippen molar-refractivity contribution in [1.29, 1.82) is 0 Å². The van der Waals surface area contributed by atoms with Crippen molar-refractivity contribution in [2.45, 2.75) is 63.5 Å². The minimum absolute atomic E-state index is 0.114. The summed E-state index contributed by atoms with van der Waals surface area (Å²) in [5.74, 6) is -0.742. The first kappa shape index (κ1) is 16.8. The number of carbonyl (C=O) groups excluding carboxylic acids is 1. The summed E-state index contributed by atoms with van der Waals surface area (Å²) >= 11 is 0. The van der Waals surface area contributed by atoms with Crippen LogP contribution in [0, 0.1) is 0 Å². The fourth-order valence-electron chi connectivity index (χ4n) is 2.48. The van der Waals surface area contributed by atoms with Crippen LogP contribution in [-0.4, -0.2) is 42.9 Å². The molecule has 116 valence electrons. The van der Waals surface area contributed by atoms with Crippen molar-refractivity contribution in [3.8, 4) is 0 Å². The molecule has 0 aliphatic heterocycles. The van der Waals surface area contributed by atoms with Crippen LogP contribution in [0.4, 0.5) is 4.79 Å². The molecule has 1 saturated carbocycles. The van der Waals surface area contributed by atoms with Gasteiger partial charge in [-0.2, -0.15) is 0 Å². The monoisotopic (exact) mass is 286 g/mol. The van der Waals surface area contributed by atoms with Gasteiger partial charge in [0.2, 0.25) is 0 Å². The number of methoxy groups -OCH3 is 1. The van der Waals surface area contributed by atoms with Crippen molar-refractivity contribution in [3.63, 3.8) is 0 Å². The van der Waals surface area contributed by atoms with Crippen molar-refractivity contribution in [2.24, 2.45) is 0 Å². The predicted molar refractivity (Wildman–Crippen MR) is 75.7 cm³/mol. The van der Waals surface area contributed by atoms with Gasteiger partial charge < -0.3 is 20.5 Å². The van der Waals surface area contributed by atoms with E-state index < -0.39 is 5.97 Å². The third-order valence-electron chi connectivity index (χ3n) is 3.66. The molecule has 3 N–H and O–H groups in total. The average molecular weight is 286 g/mol. The number of aliphatic carboxylic acids is 1. The summed E-state index contributed by atoms with van der Waals surface area (Å²) < 4.78 is 5.26. The van der Waals surface area contributed by atoms with Crippen molar-refractivity contribution in [3.05, 3.63) is 0 Å². The predicted octanol–water partition coefficient (Wildman–Crippen LogP) is 1.89. The van der Waals surface area contributed by atoms with Gasteiger partial charge in [0.1, 0.15) is 0 Å². The Kier molecular flexibility index (Phi) is 8.02. The molecule has 2 atom stereocenters. The van der Waals surface area contributed by atoms with Crippen molar-refractivity contribution in [2.75, 3.05) is 13.7 Å². The third kappa shape index (κ3) is 7.33. The zero-order valence-electron chi connectivity index (χ0n) is 12.2. The van der Waals surface area contributed by atoms with E-state index in [-0.39, 0.29) is 24.6 Å². The minimum atomic E-state index is -0.742. The van der Waals surface area contributed by atoms with Gasteiger partial charge in [-0.05, 0) is 32.1 Å². The zero-order valence-corrected chi connectivity index (χ0v) is 12.2. The molecule has 20 heavy (non-hydrogen) atoms. The highest BCUT2D eigenvalue weighted by atomic mass is 16.5. The third-order valence-corrected chi connectivity index (χ3v) is 3.66. The Balaban J connectivity index is 1.94. The number of carbonyl (C=O) groups is 2. The van der Waals surface area contributed by atoms with E-state index in [1.54, 1.807) is 7.11 Å². The number of urea groups is 1. The molecule has 1 rings (SSSR count). The minimum Gasteiger partial charge on any atom is -0.481 e. The van der Waals surface area contributed by atoms with Crippen LogP contribution in [0.5, 0.6) is 0 Å². The van der Waals surface area contributed by atoms with Gasteiger partial charge in [-0.3, -0.25) is 4.79 Å². The lowest BCUT2D eigenvalue weighted by molar-refractivity contribution is -0.137. The Morgan fingerprint density at radius 3 is 2.60 bits per heavy atom. The first-order valence-electron chi connectivity index (χ1n) is 7.40. The molecule has 0 aromatic rings. The molecular weight excluding hydrogens is 260 g/mol. The summed E-state index contributed by atoms with van der Waals surface area (Å²) in [5.41, 5.74) is 0.